The number of rotatable bonds is 8. The molecule has 2 N–H and O–H groups in total. The average Bonchev–Trinajstić information content (AvgIpc) is 2.37. The molecular weight excluding hydrogens is 284 g/mol. The molecule has 0 bridgehead atoms. The summed E-state index contributed by atoms with van der Waals surface area (Å²) in [5.74, 6) is -0.584. The van der Waals surface area contributed by atoms with E-state index in [0.29, 0.717) is 13.2 Å². The molecule has 0 heterocycles. The van der Waals surface area contributed by atoms with Gasteiger partial charge in [-0.15, -0.1) is 12.4 Å². The van der Waals surface area contributed by atoms with Gasteiger partial charge < -0.3 is 15.2 Å². The average molecular weight is 303 g/mol. The van der Waals surface area contributed by atoms with Gasteiger partial charge in [-0.3, -0.25) is 14.5 Å². The van der Waals surface area contributed by atoms with Crippen LogP contribution in [-0.2, 0) is 9.59 Å². The summed E-state index contributed by atoms with van der Waals surface area (Å²) in [7, 11) is 1.77. The van der Waals surface area contributed by atoms with Crippen molar-refractivity contribution in [1.29, 1.82) is 0 Å². The monoisotopic (exact) mass is 302 g/mol. The first-order valence-corrected chi connectivity index (χ1v) is 5.93. The van der Waals surface area contributed by atoms with Crippen LogP contribution in [0.2, 0.25) is 0 Å². The van der Waals surface area contributed by atoms with Gasteiger partial charge in [0.25, 0.3) is 0 Å². The van der Waals surface area contributed by atoms with Gasteiger partial charge in [-0.25, -0.2) is 0 Å². The minimum Gasteiger partial charge on any atom is -0.492 e. The van der Waals surface area contributed by atoms with Crippen molar-refractivity contribution >= 4 is 24.3 Å². The first-order valence-electron chi connectivity index (χ1n) is 5.93. The van der Waals surface area contributed by atoms with Gasteiger partial charge >= 0.3 is 5.97 Å². The van der Waals surface area contributed by atoms with Crippen molar-refractivity contribution < 1.29 is 19.4 Å². The van der Waals surface area contributed by atoms with E-state index in [0.717, 1.165) is 5.75 Å². The Hall–Kier alpha value is -1.79. The highest BCUT2D eigenvalue weighted by Gasteiger charge is 2.07. The number of halogens is 1. The molecule has 0 fully saturated rings. The summed E-state index contributed by atoms with van der Waals surface area (Å²) in [5, 5.41) is 10.7. The molecule has 0 unspecified atom stereocenters. The third-order valence-corrected chi connectivity index (χ3v) is 2.34. The molecule has 1 rings (SSSR count). The standard InChI is InChI=1S/C13H18N2O4.ClH/c1-15(10-12(16)14-9-13(17)18)7-8-19-11-5-3-2-4-6-11;/h2-6H,7-10H2,1H3,(H,14,16)(H,17,18);1H. The van der Waals surface area contributed by atoms with E-state index in [1.165, 1.54) is 0 Å². The zero-order valence-electron chi connectivity index (χ0n) is 11.2. The summed E-state index contributed by atoms with van der Waals surface area (Å²) in [6.45, 7) is 0.834. The third-order valence-electron chi connectivity index (χ3n) is 2.34. The molecule has 0 radical (unpaired) electrons. The van der Waals surface area contributed by atoms with Crippen LogP contribution in [0.4, 0.5) is 0 Å². The lowest BCUT2D eigenvalue weighted by molar-refractivity contribution is -0.138. The first-order chi connectivity index (χ1) is 9.08. The second-order valence-corrected chi connectivity index (χ2v) is 4.07. The zero-order valence-corrected chi connectivity index (χ0v) is 12.1. The predicted octanol–water partition coefficient (Wildman–Crippen LogP) is 0.620. The van der Waals surface area contributed by atoms with Crippen molar-refractivity contribution in [3.8, 4) is 5.75 Å². The number of amides is 1. The normalized spacial score (nSPS) is 9.70. The molecule has 0 atom stereocenters. The topological polar surface area (TPSA) is 78.9 Å². The van der Waals surface area contributed by atoms with E-state index in [9.17, 15) is 9.59 Å². The largest absolute Gasteiger partial charge is 0.492 e. The molecule has 20 heavy (non-hydrogen) atoms. The zero-order chi connectivity index (χ0) is 14.1. The highest BCUT2D eigenvalue weighted by molar-refractivity contribution is 5.85. The molecule has 112 valence electrons. The van der Waals surface area contributed by atoms with Gasteiger partial charge in [0, 0.05) is 6.54 Å². The second kappa shape index (κ2) is 10.1. The summed E-state index contributed by atoms with van der Waals surface area (Å²) >= 11 is 0. The SMILES string of the molecule is CN(CCOc1ccccc1)CC(=O)NCC(=O)O.Cl. The Balaban J connectivity index is 0.00000361. The minimum atomic E-state index is -1.05. The lowest BCUT2D eigenvalue weighted by atomic mass is 10.3. The number of para-hydroxylation sites is 1. The Morgan fingerprint density at radius 2 is 1.95 bits per heavy atom. The van der Waals surface area contributed by atoms with E-state index in [1.54, 1.807) is 11.9 Å². The van der Waals surface area contributed by atoms with Crippen LogP contribution in [0.5, 0.6) is 5.75 Å². The molecule has 0 aromatic heterocycles. The van der Waals surface area contributed by atoms with Crippen molar-refractivity contribution in [1.82, 2.24) is 10.2 Å². The van der Waals surface area contributed by atoms with E-state index in [-0.39, 0.29) is 31.4 Å². The number of nitrogens with zero attached hydrogens (tertiary/aromatic N) is 1. The first kappa shape index (κ1) is 18.2. The molecule has 6 nitrogen and oxygen atoms in total. The Morgan fingerprint density at radius 1 is 1.30 bits per heavy atom. The summed E-state index contributed by atoms with van der Waals surface area (Å²) in [5.41, 5.74) is 0. The molecule has 0 aliphatic rings. The lowest BCUT2D eigenvalue weighted by Gasteiger charge is -2.16. The number of carboxylic acid groups (broad SMARTS) is 1. The fraction of sp³-hybridized carbons (Fsp3) is 0.385. The van der Waals surface area contributed by atoms with Crippen molar-refractivity contribution in [2.24, 2.45) is 0 Å². The Morgan fingerprint density at radius 3 is 2.55 bits per heavy atom. The van der Waals surface area contributed by atoms with Gasteiger partial charge in [0.1, 0.15) is 18.9 Å². The van der Waals surface area contributed by atoms with Crippen LogP contribution in [0, 0.1) is 0 Å². The van der Waals surface area contributed by atoms with Crippen molar-refractivity contribution in [2.75, 3.05) is 33.3 Å². The highest BCUT2D eigenvalue weighted by Crippen LogP contribution is 2.07. The smallest absolute Gasteiger partial charge is 0.322 e. The molecule has 0 aliphatic carbocycles. The van der Waals surface area contributed by atoms with Crippen molar-refractivity contribution in [2.45, 2.75) is 0 Å². The number of carbonyl (C=O) groups is 2. The molecule has 7 heteroatoms. The van der Waals surface area contributed by atoms with Crippen molar-refractivity contribution in [3.05, 3.63) is 30.3 Å². The van der Waals surface area contributed by atoms with Gasteiger partial charge in [0.2, 0.25) is 5.91 Å². The quantitative estimate of drug-likeness (QED) is 0.736. The number of hydrogen-bond acceptors (Lipinski definition) is 4. The Labute approximate surface area is 124 Å². The van der Waals surface area contributed by atoms with E-state index >= 15 is 0 Å². The number of ether oxygens (including phenoxy) is 1. The molecular formula is C13H19ClN2O4. The molecule has 0 saturated carbocycles. The second-order valence-electron chi connectivity index (χ2n) is 4.07. The number of likely N-dealkylation sites (N-methyl/N-ethyl adjacent to an activating group) is 1. The van der Waals surface area contributed by atoms with Gasteiger partial charge in [0.15, 0.2) is 0 Å². The minimum absolute atomic E-state index is 0. The van der Waals surface area contributed by atoms with Crippen LogP contribution in [0.25, 0.3) is 0 Å². The van der Waals surface area contributed by atoms with Crippen LogP contribution in [0.1, 0.15) is 0 Å². The van der Waals surface area contributed by atoms with Gasteiger partial charge in [-0.05, 0) is 19.2 Å². The molecule has 0 saturated heterocycles. The molecule has 0 aliphatic heterocycles. The number of carbonyl (C=O) groups excluding carboxylic acids is 1. The van der Waals surface area contributed by atoms with Gasteiger partial charge in [-0.2, -0.15) is 0 Å². The number of benzene rings is 1. The predicted molar refractivity (Wildman–Crippen MR) is 77.3 cm³/mol. The van der Waals surface area contributed by atoms with Crippen LogP contribution in [-0.4, -0.2) is 55.2 Å². The molecule has 1 aromatic rings. The number of nitrogens with one attached hydrogen (secondary N) is 1. The molecule has 0 spiro atoms. The van der Waals surface area contributed by atoms with Crippen LogP contribution >= 0.6 is 12.4 Å². The van der Waals surface area contributed by atoms with E-state index in [1.807, 2.05) is 30.3 Å². The summed E-state index contributed by atoms with van der Waals surface area (Å²) < 4.78 is 5.49. The van der Waals surface area contributed by atoms with E-state index in [2.05, 4.69) is 5.32 Å². The fourth-order valence-corrected chi connectivity index (χ4v) is 1.39. The maximum atomic E-state index is 11.3. The summed E-state index contributed by atoms with van der Waals surface area (Å²) in [6.07, 6.45) is 0. The third kappa shape index (κ3) is 8.34. The number of hydrogen-bond donors (Lipinski definition) is 2. The summed E-state index contributed by atoms with van der Waals surface area (Å²) in [6, 6.07) is 9.40. The van der Waals surface area contributed by atoms with Crippen molar-refractivity contribution in [3.63, 3.8) is 0 Å². The Bertz CT molecular complexity index is 414. The Kier molecular flexibility index (Phi) is 9.15. The van der Waals surface area contributed by atoms with Gasteiger partial charge in [0.05, 0.1) is 6.54 Å². The highest BCUT2D eigenvalue weighted by atomic mass is 35.5. The molecule has 1 aromatic carbocycles. The van der Waals surface area contributed by atoms with E-state index < -0.39 is 5.97 Å². The van der Waals surface area contributed by atoms with Gasteiger partial charge in [-0.1, -0.05) is 18.2 Å². The van der Waals surface area contributed by atoms with Crippen LogP contribution in [0.15, 0.2) is 30.3 Å². The van der Waals surface area contributed by atoms with Crippen LogP contribution in [0.3, 0.4) is 0 Å². The fourth-order valence-electron chi connectivity index (χ4n) is 1.39. The van der Waals surface area contributed by atoms with Crippen LogP contribution < -0.4 is 10.1 Å². The maximum absolute atomic E-state index is 11.3. The summed E-state index contributed by atoms with van der Waals surface area (Å²) in [4.78, 5) is 23.4. The molecule has 1 amide bonds. The number of aliphatic carboxylic acids is 1. The van der Waals surface area contributed by atoms with E-state index in [4.69, 9.17) is 9.84 Å². The lowest BCUT2D eigenvalue weighted by Crippen LogP contribution is -2.38. The maximum Gasteiger partial charge on any atom is 0.322 e. The number of carboxylic acids is 1.